The highest BCUT2D eigenvalue weighted by Crippen LogP contribution is 2.44. The van der Waals surface area contributed by atoms with Gasteiger partial charge in [0.25, 0.3) is 0 Å². The molecule has 1 saturated carbocycles. The fourth-order valence-electron chi connectivity index (χ4n) is 4.19. The lowest BCUT2D eigenvalue weighted by molar-refractivity contribution is -0.137. The number of carbonyl (C=O) groups is 3. The maximum absolute atomic E-state index is 12.9. The zero-order chi connectivity index (χ0) is 19.6. The van der Waals surface area contributed by atoms with Crippen molar-refractivity contribution in [3.8, 4) is 0 Å². The number of anilines is 1. The summed E-state index contributed by atoms with van der Waals surface area (Å²) in [6.07, 6.45) is 5.33. The summed E-state index contributed by atoms with van der Waals surface area (Å²) in [6, 6.07) is 6.24. The second kappa shape index (κ2) is 7.71. The number of carboxylic acids is 1. The standard InChI is InChI=1S/C21H28N2O4/c1-21(2)16-12-15(14-6-3-4-7-14)9-10-17(16)23(20(21)27)13-18(24)22-11-5-8-19(25)26/h9-10,12,14H,3-8,11,13H2,1-2H3,(H,22,24)(H,25,26). The maximum Gasteiger partial charge on any atom is 0.303 e. The van der Waals surface area contributed by atoms with E-state index in [-0.39, 0.29) is 24.8 Å². The molecule has 3 rings (SSSR count). The molecule has 6 nitrogen and oxygen atoms in total. The van der Waals surface area contributed by atoms with Gasteiger partial charge in [-0.2, -0.15) is 0 Å². The van der Waals surface area contributed by atoms with Crippen LogP contribution in [0.25, 0.3) is 0 Å². The predicted molar refractivity (Wildman–Crippen MR) is 103 cm³/mol. The Morgan fingerprint density at radius 2 is 1.96 bits per heavy atom. The number of nitrogens with zero attached hydrogens (tertiary/aromatic N) is 1. The highest BCUT2D eigenvalue weighted by molar-refractivity contribution is 6.10. The first-order valence-electron chi connectivity index (χ1n) is 9.75. The second-order valence-corrected chi connectivity index (χ2v) is 8.12. The van der Waals surface area contributed by atoms with Gasteiger partial charge in [0.05, 0.1) is 5.41 Å². The van der Waals surface area contributed by atoms with Gasteiger partial charge >= 0.3 is 5.97 Å². The van der Waals surface area contributed by atoms with Crippen LogP contribution in [0.3, 0.4) is 0 Å². The van der Waals surface area contributed by atoms with Crippen LogP contribution < -0.4 is 10.2 Å². The van der Waals surface area contributed by atoms with Crippen LogP contribution in [0, 0.1) is 0 Å². The number of fused-ring (bicyclic) bond motifs is 1. The van der Waals surface area contributed by atoms with Gasteiger partial charge in [-0.1, -0.05) is 25.0 Å². The van der Waals surface area contributed by atoms with Gasteiger partial charge in [-0.3, -0.25) is 14.4 Å². The van der Waals surface area contributed by atoms with E-state index in [1.54, 1.807) is 4.90 Å². The highest BCUT2D eigenvalue weighted by Gasteiger charge is 2.44. The molecular formula is C21H28N2O4. The molecule has 1 fully saturated rings. The monoisotopic (exact) mass is 372 g/mol. The first-order valence-corrected chi connectivity index (χ1v) is 9.75. The fourth-order valence-corrected chi connectivity index (χ4v) is 4.19. The number of carboxylic acid groups (broad SMARTS) is 1. The van der Waals surface area contributed by atoms with Crippen LogP contribution >= 0.6 is 0 Å². The number of hydrogen-bond donors (Lipinski definition) is 2. The molecule has 2 amide bonds. The van der Waals surface area contributed by atoms with Crippen LogP contribution in [0.5, 0.6) is 0 Å². The molecule has 1 aliphatic carbocycles. The summed E-state index contributed by atoms with van der Waals surface area (Å²) in [4.78, 5) is 37.3. The molecule has 6 heteroatoms. The molecule has 146 valence electrons. The SMILES string of the molecule is CC1(C)C(=O)N(CC(=O)NCCCC(=O)O)c2ccc(C3CCCC3)cc21. The van der Waals surface area contributed by atoms with Crippen molar-refractivity contribution < 1.29 is 19.5 Å². The first-order chi connectivity index (χ1) is 12.8. The Hall–Kier alpha value is -2.37. The van der Waals surface area contributed by atoms with E-state index < -0.39 is 11.4 Å². The van der Waals surface area contributed by atoms with E-state index in [1.807, 2.05) is 19.9 Å². The van der Waals surface area contributed by atoms with Gasteiger partial charge in [-0.05, 0) is 56.2 Å². The summed E-state index contributed by atoms with van der Waals surface area (Å²) in [5, 5.41) is 11.3. The quantitative estimate of drug-likeness (QED) is 0.721. The summed E-state index contributed by atoms with van der Waals surface area (Å²) < 4.78 is 0. The summed E-state index contributed by atoms with van der Waals surface area (Å²) in [5.74, 6) is -0.639. The van der Waals surface area contributed by atoms with E-state index in [0.29, 0.717) is 18.9 Å². The Morgan fingerprint density at radius 1 is 1.26 bits per heavy atom. The Bertz CT molecular complexity index is 751. The number of hydrogen-bond acceptors (Lipinski definition) is 3. The van der Waals surface area contributed by atoms with Crippen molar-refractivity contribution in [2.24, 2.45) is 0 Å². The van der Waals surface area contributed by atoms with Gasteiger partial charge in [-0.25, -0.2) is 0 Å². The van der Waals surface area contributed by atoms with Crippen LogP contribution in [0.15, 0.2) is 18.2 Å². The summed E-state index contributed by atoms with van der Waals surface area (Å²) >= 11 is 0. The van der Waals surface area contributed by atoms with Crippen molar-refractivity contribution >= 4 is 23.5 Å². The van der Waals surface area contributed by atoms with E-state index in [2.05, 4.69) is 17.4 Å². The third-order valence-electron chi connectivity index (χ3n) is 5.78. The van der Waals surface area contributed by atoms with Crippen molar-refractivity contribution in [1.29, 1.82) is 0 Å². The lowest BCUT2D eigenvalue weighted by Crippen LogP contribution is -2.43. The molecule has 0 saturated heterocycles. The topological polar surface area (TPSA) is 86.7 Å². The Labute approximate surface area is 159 Å². The van der Waals surface area contributed by atoms with Crippen molar-refractivity contribution in [2.75, 3.05) is 18.0 Å². The molecule has 0 radical (unpaired) electrons. The minimum atomic E-state index is -0.882. The lowest BCUT2D eigenvalue weighted by atomic mass is 9.83. The maximum atomic E-state index is 12.9. The smallest absolute Gasteiger partial charge is 0.303 e. The molecule has 1 aromatic rings. The van der Waals surface area contributed by atoms with Crippen LogP contribution in [0.1, 0.15) is 69.4 Å². The van der Waals surface area contributed by atoms with Gasteiger partial charge in [-0.15, -0.1) is 0 Å². The van der Waals surface area contributed by atoms with Crippen molar-refractivity contribution in [1.82, 2.24) is 5.32 Å². The van der Waals surface area contributed by atoms with Crippen LogP contribution in [-0.2, 0) is 19.8 Å². The number of nitrogens with one attached hydrogen (secondary N) is 1. The molecular weight excluding hydrogens is 344 g/mol. The molecule has 1 aliphatic heterocycles. The second-order valence-electron chi connectivity index (χ2n) is 8.12. The first kappa shape index (κ1) is 19.4. The van der Waals surface area contributed by atoms with Gasteiger partial charge in [0.2, 0.25) is 11.8 Å². The van der Waals surface area contributed by atoms with E-state index in [0.717, 1.165) is 11.3 Å². The zero-order valence-electron chi connectivity index (χ0n) is 16.1. The highest BCUT2D eigenvalue weighted by atomic mass is 16.4. The molecule has 2 aliphatic rings. The molecule has 0 bridgehead atoms. The van der Waals surface area contributed by atoms with Crippen molar-refractivity contribution in [3.05, 3.63) is 29.3 Å². The molecule has 27 heavy (non-hydrogen) atoms. The van der Waals surface area contributed by atoms with Crippen molar-refractivity contribution in [3.63, 3.8) is 0 Å². The van der Waals surface area contributed by atoms with Crippen LogP contribution in [-0.4, -0.2) is 36.0 Å². The molecule has 2 N–H and O–H groups in total. The number of carbonyl (C=O) groups excluding carboxylic acids is 2. The normalized spacial score (nSPS) is 18.6. The summed E-state index contributed by atoms with van der Waals surface area (Å²) in [5.41, 5.74) is 2.46. The van der Waals surface area contributed by atoms with Gasteiger partial charge < -0.3 is 15.3 Å². The van der Waals surface area contributed by atoms with Gasteiger partial charge in [0.15, 0.2) is 0 Å². The Kier molecular flexibility index (Phi) is 5.53. The van der Waals surface area contributed by atoms with E-state index in [4.69, 9.17) is 5.11 Å². The van der Waals surface area contributed by atoms with Crippen LogP contribution in [0.4, 0.5) is 5.69 Å². The van der Waals surface area contributed by atoms with Crippen LogP contribution in [0.2, 0.25) is 0 Å². The third kappa shape index (κ3) is 3.99. The zero-order valence-corrected chi connectivity index (χ0v) is 16.1. The minimum absolute atomic E-state index is 0.0166. The average Bonchev–Trinajstić information content (AvgIpc) is 3.21. The van der Waals surface area contributed by atoms with E-state index >= 15 is 0 Å². The molecule has 1 heterocycles. The average molecular weight is 372 g/mol. The summed E-state index contributed by atoms with van der Waals surface area (Å²) in [6.45, 7) is 4.09. The number of benzene rings is 1. The van der Waals surface area contributed by atoms with Gasteiger partial charge in [0.1, 0.15) is 6.54 Å². The number of aliphatic carboxylic acids is 1. The Morgan fingerprint density at radius 3 is 2.63 bits per heavy atom. The lowest BCUT2D eigenvalue weighted by Gasteiger charge is -2.20. The summed E-state index contributed by atoms with van der Waals surface area (Å²) in [7, 11) is 0. The molecule has 0 atom stereocenters. The molecule has 0 spiro atoms. The van der Waals surface area contributed by atoms with E-state index in [9.17, 15) is 14.4 Å². The fraction of sp³-hybridized carbons (Fsp3) is 0.571. The largest absolute Gasteiger partial charge is 0.481 e. The predicted octanol–water partition coefficient (Wildman–Crippen LogP) is 2.95. The minimum Gasteiger partial charge on any atom is -0.481 e. The third-order valence-corrected chi connectivity index (χ3v) is 5.78. The number of rotatable bonds is 7. The Balaban J connectivity index is 1.72. The van der Waals surface area contributed by atoms with E-state index in [1.165, 1.54) is 31.2 Å². The number of amides is 2. The molecule has 1 aromatic carbocycles. The van der Waals surface area contributed by atoms with Crippen molar-refractivity contribution in [2.45, 2.75) is 63.7 Å². The van der Waals surface area contributed by atoms with Gasteiger partial charge in [0, 0.05) is 18.7 Å². The molecule has 0 unspecified atom stereocenters. The molecule has 0 aromatic heterocycles.